The van der Waals surface area contributed by atoms with Crippen molar-refractivity contribution in [3.8, 4) is 5.69 Å². The molecule has 2 rings (SSSR count). The first-order valence-corrected chi connectivity index (χ1v) is 7.52. The highest BCUT2D eigenvalue weighted by Crippen LogP contribution is 2.15. The van der Waals surface area contributed by atoms with Crippen molar-refractivity contribution in [1.29, 1.82) is 0 Å². The van der Waals surface area contributed by atoms with E-state index in [2.05, 4.69) is 41.9 Å². The van der Waals surface area contributed by atoms with Crippen molar-refractivity contribution in [1.82, 2.24) is 9.88 Å². The molecular weight excluding hydrogens is 276 g/mol. The number of benzene rings is 1. The molecule has 22 heavy (non-hydrogen) atoms. The molecule has 0 bridgehead atoms. The summed E-state index contributed by atoms with van der Waals surface area (Å²) in [6.07, 6.45) is 1.93. The molecule has 0 aliphatic heterocycles. The van der Waals surface area contributed by atoms with Crippen LogP contribution in [-0.4, -0.2) is 24.8 Å². The first kappa shape index (κ1) is 16.5. The monoisotopic (exact) mass is 300 g/mol. The molecule has 4 heteroatoms. The van der Waals surface area contributed by atoms with Crippen LogP contribution in [0.15, 0.2) is 35.3 Å². The number of methoxy groups -OCH3 is 1. The van der Waals surface area contributed by atoms with Crippen molar-refractivity contribution in [2.75, 3.05) is 20.3 Å². The molecule has 0 amide bonds. The summed E-state index contributed by atoms with van der Waals surface area (Å²) in [5.74, 6) is 0. The number of nitrogens with zero attached hydrogens (tertiary/aromatic N) is 1. The summed E-state index contributed by atoms with van der Waals surface area (Å²) in [4.78, 5) is 12.1. The van der Waals surface area contributed by atoms with Crippen LogP contribution in [0.3, 0.4) is 0 Å². The van der Waals surface area contributed by atoms with Crippen LogP contribution in [0.4, 0.5) is 0 Å². The van der Waals surface area contributed by atoms with Gasteiger partial charge in [-0.15, -0.1) is 0 Å². The van der Waals surface area contributed by atoms with Gasteiger partial charge in [-0.05, 0) is 44.0 Å². The van der Waals surface area contributed by atoms with E-state index < -0.39 is 0 Å². The van der Waals surface area contributed by atoms with E-state index in [0.29, 0.717) is 13.2 Å². The molecule has 2 aromatic rings. The lowest BCUT2D eigenvalue weighted by atomic mass is 10.1. The molecule has 1 aromatic carbocycles. The van der Waals surface area contributed by atoms with Crippen molar-refractivity contribution in [2.24, 2.45) is 0 Å². The zero-order valence-electron chi connectivity index (χ0n) is 13.8. The fourth-order valence-corrected chi connectivity index (χ4v) is 2.36. The molecule has 0 fully saturated rings. The maximum atomic E-state index is 12.1. The van der Waals surface area contributed by atoms with E-state index >= 15 is 0 Å². The van der Waals surface area contributed by atoms with Crippen molar-refractivity contribution < 1.29 is 4.74 Å². The number of aromatic nitrogens is 1. The number of hydrogen-bond donors (Lipinski definition) is 1. The average molecular weight is 300 g/mol. The normalized spacial score (nSPS) is 10.9. The lowest BCUT2D eigenvalue weighted by Crippen LogP contribution is -2.24. The molecule has 0 unspecified atom stereocenters. The Labute approximate surface area is 131 Å². The number of hydrogen-bond acceptors (Lipinski definition) is 3. The Morgan fingerprint density at radius 3 is 2.59 bits per heavy atom. The van der Waals surface area contributed by atoms with Crippen molar-refractivity contribution in [3.63, 3.8) is 0 Å². The van der Waals surface area contributed by atoms with E-state index in [4.69, 9.17) is 4.74 Å². The lowest BCUT2D eigenvalue weighted by molar-refractivity contribution is 0.199. The fraction of sp³-hybridized carbons (Fsp3) is 0.389. The van der Waals surface area contributed by atoms with E-state index in [1.54, 1.807) is 13.2 Å². The molecule has 0 aliphatic rings. The topological polar surface area (TPSA) is 43.3 Å². The van der Waals surface area contributed by atoms with E-state index in [9.17, 15) is 4.79 Å². The molecule has 1 heterocycles. The molecule has 0 spiro atoms. The lowest BCUT2D eigenvalue weighted by Gasteiger charge is -2.14. The van der Waals surface area contributed by atoms with E-state index in [1.807, 2.05) is 13.1 Å². The average Bonchev–Trinajstić information content (AvgIpc) is 2.48. The van der Waals surface area contributed by atoms with Crippen LogP contribution in [0.25, 0.3) is 5.69 Å². The Balaban J connectivity index is 2.31. The molecule has 0 aliphatic carbocycles. The molecule has 0 saturated carbocycles. The second-order valence-corrected chi connectivity index (χ2v) is 5.61. The molecule has 4 nitrogen and oxygen atoms in total. The maximum absolute atomic E-state index is 12.1. The van der Waals surface area contributed by atoms with Gasteiger partial charge in [0, 0.05) is 49.4 Å². The smallest absolute Gasteiger partial charge is 0.186 e. The van der Waals surface area contributed by atoms with Gasteiger partial charge in [-0.1, -0.05) is 6.07 Å². The third kappa shape index (κ3) is 3.84. The number of nitrogens with one attached hydrogen (secondary N) is 1. The van der Waals surface area contributed by atoms with Gasteiger partial charge >= 0.3 is 0 Å². The molecular formula is C18H24N2O2. The van der Waals surface area contributed by atoms with Crippen LogP contribution in [-0.2, 0) is 11.3 Å². The Bertz CT molecular complexity index is 705. The zero-order valence-corrected chi connectivity index (χ0v) is 13.8. The highest BCUT2D eigenvalue weighted by atomic mass is 16.5. The quantitative estimate of drug-likeness (QED) is 0.834. The van der Waals surface area contributed by atoms with Crippen molar-refractivity contribution in [3.05, 3.63) is 63.1 Å². The largest absolute Gasteiger partial charge is 0.383 e. The molecule has 1 aromatic heterocycles. The predicted molar refractivity (Wildman–Crippen MR) is 89.8 cm³/mol. The Morgan fingerprint density at radius 1 is 1.14 bits per heavy atom. The van der Waals surface area contributed by atoms with Crippen LogP contribution < -0.4 is 10.7 Å². The van der Waals surface area contributed by atoms with Crippen molar-refractivity contribution >= 4 is 0 Å². The summed E-state index contributed by atoms with van der Waals surface area (Å²) in [7, 11) is 1.67. The summed E-state index contributed by atoms with van der Waals surface area (Å²) in [5.41, 5.74) is 5.37. The minimum Gasteiger partial charge on any atom is -0.383 e. The van der Waals surface area contributed by atoms with Crippen LogP contribution in [0.2, 0.25) is 0 Å². The molecule has 0 saturated heterocycles. The first-order chi connectivity index (χ1) is 10.5. The molecule has 0 atom stereocenters. The molecule has 0 radical (unpaired) electrons. The second kappa shape index (κ2) is 7.38. The molecule has 118 valence electrons. The molecule has 1 N–H and O–H groups in total. The summed E-state index contributed by atoms with van der Waals surface area (Å²) < 4.78 is 7.07. The summed E-state index contributed by atoms with van der Waals surface area (Å²) >= 11 is 0. The van der Waals surface area contributed by atoms with Crippen LogP contribution in [0.5, 0.6) is 0 Å². The number of pyridine rings is 1. The van der Waals surface area contributed by atoms with Crippen LogP contribution >= 0.6 is 0 Å². The minimum atomic E-state index is 0.0718. The van der Waals surface area contributed by atoms with Gasteiger partial charge in [0.2, 0.25) is 0 Å². The third-order valence-corrected chi connectivity index (χ3v) is 3.89. The Kier molecular flexibility index (Phi) is 5.52. The van der Waals surface area contributed by atoms with Crippen molar-refractivity contribution in [2.45, 2.75) is 27.3 Å². The van der Waals surface area contributed by atoms with E-state index in [0.717, 1.165) is 23.5 Å². The van der Waals surface area contributed by atoms with Gasteiger partial charge in [0.15, 0.2) is 5.43 Å². The highest BCUT2D eigenvalue weighted by Gasteiger charge is 2.06. The van der Waals surface area contributed by atoms with E-state index in [1.165, 1.54) is 11.1 Å². The second-order valence-electron chi connectivity index (χ2n) is 5.61. The SMILES string of the molecule is COCCNCc1cn(-c2ccc(C)c(C)c2)c(C)cc1=O. The van der Waals surface area contributed by atoms with Crippen LogP contribution in [0.1, 0.15) is 22.4 Å². The van der Waals surface area contributed by atoms with Gasteiger partial charge in [-0.25, -0.2) is 0 Å². The Hall–Kier alpha value is -1.91. The number of aryl methyl sites for hydroxylation is 3. The summed E-state index contributed by atoms with van der Waals surface area (Å²) in [6.45, 7) is 8.07. The minimum absolute atomic E-state index is 0.0718. The maximum Gasteiger partial charge on any atom is 0.186 e. The summed E-state index contributed by atoms with van der Waals surface area (Å²) in [5, 5.41) is 3.22. The van der Waals surface area contributed by atoms with Gasteiger partial charge in [-0.2, -0.15) is 0 Å². The van der Waals surface area contributed by atoms with E-state index in [-0.39, 0.29) is 5.43 Å². The first-order valence-electron chi connectivity index (χ1n) is 7.52. The zero-order chi connectivity index (χ0) is 16.1. The predicted octanol–water partition coefficient (Wildman–Crippen LogP) is 2.50. The number of ether oxygens (including phenoxy) is 1. The standard InChI is InChI=1S/C18H24N2O2/c1-13-5-6-17(9-14(13)2)20-12-16(11-19-7-8-22-4)18(21)10-15(20)3/h5-6,9-10,12,19H,7-8,11H2,1-4H3. The van der Waals surface area contributed by atoms with Crippen LogP contribution in [0, 0.1) is 20.8 Å². The van der Waals surface area contributed by atoms with Gasteiger partial charge < -0.3 is 14.6 Å². The highest BCUT2D eigenvalue weighted by molar-refractivity contribution is 5.41. The third-order valence-electron chi connectivity index (χ3n) is 3.89. The Morgan fingerprint density at radius 2 is 1.91 bits per heavy atom. The van der Waals surface area contributed by atoms with Gasteiger partial charge in [0.25, 0.3) is 0 Å². The summed E-state index contributed by atoms with van der Waals surface area (Å²) in [6, 6.07) is 8.04. The number of rotatable bonds is 6. The fourth-order valence-electron chi connectivity index (χ4n) is 2.36. The van der Waals surface area contributed by atoms with Gasteiger partial charge in [-0.3, -0.25) is 4.79 Å². The van der Waals surface area contributed by atoms with Gasteiger partial charge in [0.05, 0.1) is 6.61 Å². The van der Waals surface area contributed by atoms with Gasteiger partial charge in [0.1, 0.15) is 0 Å².